The number of carbonyl (C=O) groups excluding carboxylic acids is 2. The third-order valence-electron chi connectivity index (χ3n) is 5.43. The van der Waals surface area contributed by atoms with E-state index in [1.54, 1.807) is 42.5 Å². The summed E-state index contributed by atoms with van der Waals surface area (Å²) in [6.45, 7) is 0. The summed E-state index contributed by atoms with van der Waals surface area (Å²) in [4.78, 5) is 26.7. The summed E-state index contributed by atoms with van der Waals surface area (Å²) < 4.78 is 28.4. The number of nitrogens with one attached hydrogen (secondary N) is 2. The number of hydrogen-bond donors (Lipinski definition) is 2. The number of ketones is 2. The van der Waals surface area contributed by atoms with Crippen LogP contribution < -0.4 is 10.0 Å². The van der Waals surface area contributed by atoms with Crippen molar-refractivity contribution in [2.45, 2.75) is 4.90 Å². The minimum Gasteiger partial charge on any atom is -0.350 e. The second-order valence-corrected chi connectivity index (χ2v) is 9.24. The molecule has 0 saturated carbocycles. The summed E-state index contributed by atoms with van der Waals surface area (Å²) in [5.74, 6) is -1.04. The summed E-state index contributed by atoms with van der Waals surface area (Å²) >= 11 is 0. The molecule has 33 heavy (non-hydrogen) atoms. The van der Waals surface area contributed by atoms with Gasteiger partial charge in [0.15, 0.2) is 0 Å². The van der Waals surface area contributed by atoms with Gasteiger partial charge in [0.05, 0.1) is 4.90 Å². The number of rotatable bonds is 5. The predicted octanol–water partition coefficient (Wildman–Crippen LogP) is 4.52. The molecule has 1 aliphatic carbocycles. The fourth-order valence-corrected chi connectivity index (χ4v) is 4.89. The zero-order valence-electron chi connectivity index (χ0n) is 17.3. The zero-order chi connectivity index (χ0) is 23.0. The van der Waals surface area contributed by atoms with Gasteiger partial charge in [-0.1, -0.05) is 72.8 Å². The number of carbonyl (C=O) groups is 2. The molecule has 162 valence electrons. The molecule has 0 fully saturated rings. The smallest absolute Gasteiger partial charge is 0.262 e. The van der Waals surface area contributed by atoms with Crippen LogP contribution in [-0.4, -0.2) is 20.0 Å². The van der Waals surface area contributed by atoms with Crippen LogP contribution in [0.25, 0.3) is 10.8 Å². The number of fused-ring (bicyclic) bond motifs is 2. The van der Waals surface area contributed by atoms with Crippen molar-refractivity contribution in [3.8, 4) is 0 Å². The predicted molar refractivity (Wildman–Crippen MR) is 126 cm³/mol. The van der Waals surface area contributed by atoms with Crippen LogP contribution in [0.1, 0.15) is 20.7 Å². The molecule has 0 saturated heterocycles. The monoisotopic (exact) mass is 454 g/mol. The number of sulfonamides is 1. The van der Waals surface area contributed by atoms with E-state index in [-0.39, 0.29) is 27.4 Å². The highest BCUT2D eigenvalue weighted by Crippen LogP contribution is 2.28. The molecule has 0 spiro atoms. The summed E-state index contributed by atoms with van der Waals surface area (Å²) in [6, 6.07) is 27.3. The average Bonchev–Trinajstić information content (AvgIpc) is 2.85. The molecule has 0 aliphatic heterocycles. The fraction of sp³-hybridized carbons (Fsp3) is 0. The van der Waals surface area contributed by atoms with Crippen LogP contribution in [0.2, 0.25) is 0 Å². The Morgan fingerprint density at radius 3 is 1.85 bits per heavy atom. The van der Waals surface area contributed by atoms with E-state index in [2.05, 4.69) is 10.0 Å². The molecule has 0 amide bonds. The Morgan fingerprint density at radius 1 is 0.576 bits per heavy atom. The van der Waals surface area contributed by atoms with Crippen LogP contribution in [-0.2, 0) is 10.0 Å². The van der Waals surface area contributed by atoms with Crippen molar-refractivity contribution >= 4 is 38.0 Å². The molecule has 2 N–H and O–H groups in total. The van der Waals surface area contributed by atoms with E-state index in [1.165, 1.54) is 18.2 Å². The SMILES string of the molecule is O=C1C(Nc2ccc3ccccc3c2)=C(NS(=O)(=O)c2ccccc2)C(=O)c2ccccc21. The van der Waals surface area contributed by atoms with Gasteiger partial charge in [-0.3, -0.25) is 14.3 Å². The van der Waals surface area contributed by atoms with Crippen LogP contribution in [0.4, 0.5) is 5.69 Å². The second kappa shape index (κ2) is 8.03. The maximum atomic E-state index is 13.4. The molecule has 0 bridgehead atoms. The molecule has 0 atom stereocenters. The molecule has 4 aromatic rings. The third kappa shape index (κ3) is 3.79. The maximum Gasteiger partial charge on any atom is 0.262 e. The van der Waals surface area contributed by atoms with Gasteiger partial charge in [0.25, 0.3) is 10.0 Å². The Labute approximate surface area is 190 Å². The van der Waals surface area contributed by atoms with Crippen molar-refractivity contribution in [2.24, 2.45) is 0 Å². The van der Waals surface area contributed by atoms with Crippen molar-refractivity contribution in [3.63, 3.8) is 0 Å². The normalized spacial score (nSPS) is 13.7. The van der Waals surface area contributed by atoms with Gasteiger partial charge in [-0.05, 0) is 35.0 Å². The van der Waals surface area contributed by atoms with Gasteiger partial charge in [0.2, 0.25) is 11.6 Å². The molecule has 0 unspecified atom stereocenters. The molecule has 5 rings (SSSR count). The van der Waals surface area contributed by atoms with Gasteiger partial charge in [0.1, 0.15) is 11.4 Å². The summed E-state index contributed by atoms with van der Waals surface area (Å²) in [6.07, 6.45) is 0. The first-order valence-electron chi connectivity index (χ1n) is 10.2. The highest BCUT2D eigenvalue weighted by Gasteiger charge is 2.34. The van der Waals surface area contributed by atoms with E-state index >= 15 is 0 Å². The summed E-state index contributed by atoms with van der Waals surface area (Å²) in [7, 11) is -4.10. The molecule has 0 aromatic heterocycles. The van der Waals surface area contributed by atoms with Crippen LogP contribution in [0.15, 0.2) is 113 Å². The van der Waals surface area contributed by atoms with Gasteiger partial charge in [0, 0.05) is 16.8 Å². The average molecular weight is 455 g/mol. The molecular weight excluding hydrogens is 436 g/mol. The van der Waals surface area contributed by atoms with Gasteiger partial charge >= 0.3 is 0 Å². The number of hydrogen-bond acceptors (Lipinski definition) is 5. The first kappa shape index (κ1) is 20.7. The highest BCUT2D eigenvalue weighted by molar-refractivity contribution is 7.89. The first-order valence-corrected chi connectivity index (χ1v) is 11.7. The van der Waals surface area contributed by atoms with Crippen molar-refractivity contribution in [2.75, 3.05) is 5.32 Å². The van der Waals surface area contributed by atoms with Crippen LogP contribution in [0, 0.1) is 0 Å². The first-order chi connectivity index (χ1) is 15.9. The number of anilines is 1. The summed E-state index contributed by atoms with van der Waals surface area (Å²) in [5.41, 5.74) is 0.496. The largest absolute Gasteiger partial charge is 0.350 e. The number of allylic oxidation sites excluding steroid dienone is 2. The van der Waals surface area contributed by atoms with Gasteiger partial charge in [-0.2, -0.15) is 0 Å². The Bertz CT molecular complexity index is 1560. The molecule has 4 aromatic carbocycles. The summed E-state index contributed by atoms with van der Waals surface area (Å²) in [5, 5.41) is 4.95. The highest BCUT2D eigenvalue weighted by atomic mass is 32.2. The van der Waals surface area contributed by atoms with Gasteiger partial charge in [-0.25, -0.2) is 8.42 Å². The van der Waals surface area contributed by atoms with Crippen molar-refractivity contribution in [1.29, 1.82) is 0 Å². The molecule has 0 heterocycles. The maximum absolute atomic E-state index is 13.4. The standard InChI is InChI=1S/C26H18N2O4S/c29-25-21-12-6-7-13-22(21)26(30)24(28-33(31,32)20-10-2-1-3-11-20)23(25)27-19-15-14-17-8-4-5-9-18(17)16-19/h1-16,27-28H. The Morgan fingerprint density at radius 2 is 1.15 bits per heavy atom. The minimum atomic E-state index is -4.10. The molecule has 7 heteroatoms. The van der Waals surface area contributed by atoms with Crippen molar-refractivity contribution in [1.82, 2.24) is 4.72 Å². The Kier molecular flexibility index (Phi) is 5.03. The van der Waals surface area contributed by atoms with E-state index in [0.29, 0.717) is 5.69 Å². The van der Waals surface area contributed by atoms with Gasteiger partial charge < -0.3 is 5.32 Å². The Hall–Kier alpha value is -4.23. The fourth-order valence-electron chi connectivity index (χ4n) is 3.80. The van der Waals surface area contributed by atoms with Crippen LogP contribution >= 0.6 is 0 Å². The quantitative estimate of drug-likeness (QED) is 0.463. The lowest BCUT2D eigenvalue weighted by Crippen LogP contribution is -2.36. The van der Waals surface area contributed by atoms with E-state index in [9.17, 15) is 18.0 Å². The van der Waals surface area contributed by atoms with Crippen molar-refractivity contribution in [3.05, 3.63) is 120 Å². The number of benzene rings is 4. The van der Waals surface area contributed by atoms with Crippen molar-refractivity contribution < 1.29 is 18.0 Å². The molecular formula is C26H18N2O4S. The van der Waals surface area contributed by atoms with E-state index in [4.69, 9.17) is 0 Å². The topological polar surface area (TPSA) is 92.3 Å². The molecule has 6 nitrogen and oxygen atoms in total. The number of Topliss-reactive ketones (excluding diaryl/α,β-unsaturated/α-hetero) is 2. The van der Waals surface area contributed by atoms with E-state index < -0.39 is 21.6 Å². The lowest BCUT2D eigenvalue weighted by molar-refractivity contribution is 0.0972. The minimum absolute atomic E-state index is 0.0123. The third-order valence-corrected chi connectivity index (χ3v) is 6.79. The van der Waals surface area contributed by atoms with E-state index in [0.717, 1.165) is 10.8 Å². The Balaban J connectivity index is 1.63. The zero-order valence-corrected chi connectivity index (χ0v) is 18.1. The van der Waals surface area contributed by atoms with Crippen LogP contribution in [0.3, 0.4) is 0 Å². The molecule has 0 radical (unpaired) electrons. The lowest BCUT2D eigenvalue weighted by atomic mass is 9.90. The second-order valence-electron chi connectivity index (χ2n) is 7.56. The van der Waals surface area contributed by atoms with E-state index in [1.807, 2.05) is 36.4 Å². The van der Waals surface area contributed by atoms with Crippen LogP contribution in [0.5, 0.6) is 0 Å². The lowest BCUT2D eigenvalue weighted by Gasteiger charge is -2.23. The molecule has 1 aliphatic rings. The van der Waals surface area contributed by atoms with Gasteiger partial charge in [-0.15, -0.1) is 0 Å².